The molecule has 1 atom stereocenters. The number of aliphatic carboxylic acids is 1. The average Bonchev–Trinajstić information content (AvgIpc) is 2.61. The van der Waals surface area contributed by atoms with E-state index in [0.717, 1.165) is 10.2 Å². The smallest absolute Gasteiger partial charge is 0.314 e. The van der Waals surface area contributed by atoms with E-state index >= 15 is 0 Å². The molecule has 0 aliphatic carbocycles. The number of aromatic nitrogens is 1. The summed E-state index contributed by atoms with van der Waals surface area (Å²) in [4.78, 5) is 15.2. The van der Waals surface area contributed by atoms with Crippen molar-refractivity contribution >= 4 is 40.2 Å². The number of carboxylic acid groups (broad SMARTS) is 1. The summed E-state index contributed by atoms with van der Waals surface area (Å²) >= 11 is 5.45. The third-order valence-corrected chi connectivity index (χ3v) is 3.60. The molecule has 1 unspecified atom stereocenters. The summed E-state index contributed by atoms with van der Waals surface area (Å²) in [6.45, 7) is 0. The maximum Gasteiger partial charge on any atom is 0.314 e. The molecule has 2 aromatic rings. The largest absolute Gasteiger partial charge is 0.481 e. The Labute approximate surface area is 96.2 Å². The highest BCUT2D eigenvalue weighted by atomic mass is 32.1. The van der Waals surface area contributed by atoms with Crippen molar-refractivity contribution in [1.82, 2.24) is 4.98 Å². The van der Waals surface area contributed by atoms with Crippen LogP contribution in [-0.4, -0.2) is 21.8 Å². The van der Waals surface area contributed by atoms with Gasteiger partial charge in [-0.25, -0.2) is 4.98 Å². The summed E-state index contributed by atoms with van der Waals surface area (Å²) in [7, 11) is 0. The summed E-state index contributed by atoms with van der Waals surface area (Å²) in [5, 5.41) is 9.59. The third kappa shape index (κ3) is 1.98. The Morgan fingerprint density at radius 2 is 2.27 bits per heavy atom. The number of fused-ring (bicyclic) bond motifs is 1. The van der Waals surface area contributed by atoms with E-state index in [-0.39, 0.29) is 5.75 Å². The molecular weight excluding hydrogens is 230 g/mol. The quantitative estimate of drug-likeness (QED) is 0.809. The van der Waals surface area contributed by atoms with Gasteiger partial charge in [-0.15, -0.1) is 11.3 Å². The molecule has 1 heterocycles. The van der Waals surface area contributed by atoms with Crippen LogP contribution in [0.3, 0.4) is 0 Å². The molecule has 0 aliphatic heterocycles. The first-order valence-corrected chi connectivity index (χ1v) is 5.86. The Kier molecular flexibility index (Phi) is 2.93. The zero-order valence-electron chi connectivity index (χ0n) is 7.75. The van der Waals surface area contributed by atoms with Crippen molar-refractivity contribution in [1.29, 1.82) is 0 Å². The van der Waals surface area contributed by atoms with E-state index in [4.69, 9.17) is 5.11 Å². The molecule has 0 fully saturated rings. The van der Waals surface area contributed by atoms with Crippen LogP contribution in [0.25, 0.3) is 10.2 Å². The maximum atomic E-state index is 10.9. The lowest BCUT2D eigenvalue weighted by Crippen LogP contribution is -2.12. The van der Waals surface area contributed by atoms with Gasteiger partial charge in [0.2, 0.25) is 0 Å². The fourth-order valence-electron chi connectivity index (χ4n) is 1.30. The van der Waals surface area contributed by atoms with Crippen LogP contribution in [0.2, 0.25) is 0 Å². The molecule has 78 valence electrons. The minimum Gasteiger partial charge on any atom is -0.481 e. The van der Waals surface area contributed by atoms with E-state index < -0.39 is 11.9 Å². The van der Waals surface area contributed by atoms with E-state index in [2.05, 4.69) is 17.6 Å². The molecular formula is C10H9NO2S2. The fourth-order valence-corrected chi connectivity index (χ4v) is 2.81. The Balaban J connectivity index is 2.47. The van der Waals surface area contributed by atoms with Gasteiger partial charge in [-0.05, 0) is 12.1 Å². The lowest BCUT2D eigenvalue weighted by molar-refractivity contribution is -0.138. The predicted molar refractivity (Wildman–Crippen MR) is 63.8 cm³/mol. The van der Waals surface area contributed by atoms with Crippen LogP contribution < -0.4 is 0 Å². The second kappa shape index (κ2) is 4.20. The number of hydrogen-bond donors (Lipinski definition) is 2. The van der Waals surface area contributed by atoms with Gasteiger partial charge in [0.1, 0.15) is 10.9 Å². The molecule has 2 rings (SSSR count). The second-order valence-corrected chi connectivity index (χ2v) is 4.52. The summed E-state index contributed by atoms with van der Waals surface area (Å²) in [5.74, 6) is -1.20. The Bertz CT molecular complexity index is 462. The number of hydrogen-bond acceptors (Lipinski definition) is 4. The number of benzene rings is 1. The Morgan fingerprint density at radius 3 is 2.87 bits per heavy atom. The maximum absolute atomic E-state index is 10.9. The fraction of sp³-hybridized carbons (Fsp3) is 0.200. The van der Waals surface area contributed by atoms with Crippen molar-refractivity contribution < 1.29 is 9.90 Å². The summed E-state index contributed by atoms with van der Waals surface area (Å²) in [6.07, 6.45) is 0. The van der Waals surface area contributed by atoms with Crippen LogP contribution in [0, 0.1) is 0 Å². The van der Waals surface area contributed by atoms with Crippen molar-refractivity contribution in [3.63, 3.8) is 0 Å². The van der Waals surface area contributed by atoms with Gasteiger partial charge in [-0.1, -0.05) is 12.1 Å². The van der Waals surface area contributed by atoms with Crippen LogP contribution in [-0.2, 0) is 4.79 Å². The lowest BCUT2D eigenvalue weighted by atomic mass is 10.2. The SMILES string of the molecule is O=C(O)C(CS)c1nc2ccccc2s1. The van der Waals surface area contributed by atoms with Crippen molar-refractivity contribution in [2.24, 2.45) is 0 Å². The molecule has 15 heavy (non-hydrogen) atoms. The molecule has 0 saturated heterocycles. The predicted octanol–water partition coefficient (Wildman–Crippen LogP) is 2.39. The molecule has 0 spiro atoms. The first-order valence-electron chi connectivity index (χ1n) is 4.41. The van der Waals surface area contributed by atoms with Gasteiger partial charge in [0.25, 0.3) is 0 Å². The zero-order valence-corrected chi connectivity index (χ0v) is 9.46. The molecule has 0 amide bonds. The van der Waals surface area contributed by atoms with Gasteiger partial charge in [-0.3, -0.25) is 4.79 Å². The highest BCUT2D eigenvalue weighted by Crippen LogP contribution is 2.28. The van der Waals surface area contributed by atoms with Crippen LogP contribution >= 0.6 is 24.0 Å². The van der Waals surface area contributed by atoms with Crippen molar-refractivity contribution in [3.05, 3.63) is 29.3 Å². The summed E-state index contributed by atoms with van der Waals surface area (Å²) in [5.41, 5.74) is 0.852. The number of thiol groups is 1. The lowest BCUT2D eigenvalue weighted by Gasteiger charge is -2.03. The first-order chi connectivity index (χ1) is 7.22. The monoisotopic (exact) mass is 239 g/mol. The number of thiazole rings is 1. The molecule has 0 radical (unpaired) electrons. The van der Waals surface area contributed by atoms with E-state index in [1.54, 1.807) is 0 Å². The Morgan fingerprint density at radius 1 is 1.53 bits per heavy atom. The molecule has 5 heteroatoms. The van der Waals surface area contributed by atoms with Gasteiger partial charge in [0.15, 0.2) is 0 Å². The molecule has 0 bridgehead atoms. The molecule has 0 saturated carbocycles. The highest BCUT2D eigenvalue weighted by molar-refractivity contribution is 7.80. The van der Waals surface area contributed by atoms with E-state index in [1.165, 1.54) is 11.3 Å². The van der Waals surface area contributed by atoms with E-state index in [9.17, 15) is 4.79 Å². The van der Waals surface area contributed by atoms with Crippen LogP contribution in [0.4, 0.5) is 0 Å². The Hall–Kier alpha value is -1.07. The number of para-hydroxylation sites is 1. The van der Waals surface area contributed by atoms with Gasteiger partial charge in [-0.2, -0.15) is 12.6 Å². The van der Waals surface area contributed by atoms with Crippen molar-refractivity contribution in [2.45, 2.75) is 5.92 Å². The summed E-state index contributed by atoms with van der Waals surface area (Å²) in [6, 6.07) is 7.63. The number of carbonyl (C=O) groups is 1. The van der Waals surface area contributed by atoms with Crippen LogP contribution in [0.15, 0.2) is 24.3 Å². The number of rotatable bonds is 3. The highest BCUT2D eigenvalue weighted by Gasteiger charge is 2.21. The van der Waals surface area contributed by atoms with Gasteiger partial charge >= 0.3 is 5.97 Å². The van der Waals surface area contributed by atoms with Crippen LogP contribution in [0.1, 0.15) is 10.9 Å². The van der Waals surface area contributed by atoms with Crippen LogP contribution in [0.5, 0.6) is 0 Å². The van der Waals surface area contributed by atoms with Crippen molar-refractivity contribution in [3.8, 4) is 0 Å². The normalized spacial score (nSPS) is 12.9. The van der Waals surface area contributed by atoms with E-state index in [0.29, 0.717) is 5.01 Å². The molecule has 3 nitrogen and oxygen atoms in total. The zero-order chi connectivity index (χ0) is 10.8. The third-order valence-electron chi connectivity index (χ3n) is 2.09. The molecule has 0 aliphatic rings. The minimum atomic E-state index is -0.871. The standard InChI is InChI=1S/C10H9NO2S2/c12-10(13)6(5-14)9-11-7-3-1-2-4-8(7)15-9/h1-4,6,14H,5H2,(H,12,13). The number of carboxylic acids is 1. The molecule has 1 aromatic carbocycles. The average molecular weight is 239 g/mol. The van der Waals surface area contributed by atoms with Gasteiger partial charge in [0, 0.05) is 5.75 Å². The molecule has 1 aromatic heterocycles. The topological polar surface area (TPSA) is 50.2 Å². The van der Waals surface area contributed by atoms with E-state index in [1.807, 2.05) is 24.3 Å². The van der Waals surface area contributed by atoms with Gasteiger partial charge < -0.3 is 5.11 Å². The number of nitrogens with zero attached hydrogens (tertiary/aromatic N) is 1. The first kappa shape index (κ1) is 10.4. The summed E-state index contributed by atoms with van der Waals surface area (Å²) < 4.78 is 1.01. The second-order valence-electron chi connectivity index (χ2n) is 3.09. The van der Waals surface area contributed by atoms with Gasteiger partial charge in [0.05, 0.1) is 10.2 Å². The van der Waals surface area contributed by atoms with Crippen molar-refractivity contribution in [2.75, 3.05) is 5.75 Å². The molecule has 1 N–H and O–H groups in total. The minimum absolute atomic E-state index is 0.273.